The lowest BCUT2D eigenvalue weighted by Gasteiger charge is -2.16. The van der Waals surface area contributed by atoms with Gasteiger partial charge in [-0.2, -0.15) is 8.78 Å². The molecule has 0 spiro atoms. The fourth-order valence-corrected chi connectivity index (χ4v) is 2.57. The quantitative estimate of drug-likeness (QED) is 0.916. The van der Waals surface area contributed by atoms with Crippen LogP contribution in [0.15, 0.2) is 24.5 Å². The van der Waals surface area contributed by atoms with Gasteiger partial charge in [-0.05, 0) is 18.9 Å². The summed E-state index contributed by atoms with van der Waals surface area (Å²) in [5.41, 5.74) is 1.24. The number of aryl methyl sites for hydroxylation is 1. The van der Waals surface area contributed by atoms with Crippen LogP contribution in [-0.4, -0.2) is 27.1 Å². The minimum Gasteiger partial charge on any atom is -0.417 e. The second kappa shape index (κ2) is 6.72. The van der Waals surface area contributed by atoms with Crippen molar-refractivity contribution in [1.29, 1.82) is 0 Å². The number of carbonyl (C=O) groups excluding carboxylic acids is 1. The zero-order valence-corrected chi connectivity index (χ0v) is 12.3. The molecule has 3 heterocycles. The number of nitrogens with zero attached hydrogens (tertiary/aromatic N) is 3. The molecule has 23 heavy (non-hydrogen) atoms. The van der Waals surface area contributed by atoms with E-state index in [9.17, 15) is 13.6 Å². The van der Waals surface area contributed by atoms with E-state index in [0.717, 1.165) is 37.3 Å². The zero-order valence-electron chi connectivity index (χ0n) is 12.3. The van der Waals surface area contributed by atoms with Gasteiger partial charge in [-0.1, -0.05) is 0 Å². The highest BCUT2D eigenvalue weighted by Crippen LogP contribution is 2.16. The molecule has 8 heteroatoms. The van der Waals surface area contributed by atoms with Crippen LogP contribution in [0.25, 0.3) is 0 Å². The van der Waals surface area contributed by atoms with Crippen LogP contribution >= 0.6 is 0 Å². The molecule has 3 rings (SSSR count). The van der Waals surface area contributed by atoms with Crippen molar-refractivity contribution in [2.24, 2.45) is 0 Å². The van der Waals surface area contributed by atoms with Crippen molar-refractivity contribution in [3.05, 3.63) is 41.6 Å². The molecule has 0 radical (unpaired) electrons. The van der Waals surface area contributed by atoms with Gasteiger partial charge in [-0.3, -0.25) is 4.79 Å². The van der Waals surface area contributed by atoms with Gasteiger partial charge in [0.2, 0.25) is 5.88 Å². The molecule has 0 saturated carbocycles. The molecule has 0 bridgehead atoms. The number of fused-ring (bicyclic) bond motifs is 1. The average Bonchev–Trinajstić information content (AvgIpc) is 2.96. The number of carbonyl (C=O) groups is 1. The summed E-state index contributed by atoms with van der Waals surface area (Å²) < 4.78 is 30.4. The van der Waals surface area contributed by atoms with Gasteiger partial charge in [-0.25, -0.2) is 9.97 Å². The van der Waals surface area contributed by atoms with Crippen molar-refractivity contribution in [2.45, 2.75) is 39.0 Å². The van der Waals surface area contributed by atoms with Gasteiger partial charge in [0.05, 0.1) is 24.0 Å². The lowest BCUT2D eigenvalue weighted by atomic mass is 10.1. The molecule has 1 aliphatic rings. The molecular formula is C15H16F2N4O2. The average molecular weight is 322 g/mol. The minimum atomic E-state index is -2.93. The summed E-state index contributed by atoms with van der Waals surface area (Å²) in [4.78, 5) is 20.1. The molecule has 6 nitrogen and oxygen atoms in total. The summed E-state index contributed by atoms with van der Waals surface area (Å²) in [6, 6.07) is 2.63. The van der Waals surface area contributed by atoms with E-state index in [-0.39, 0.29) is 17.4 Å². The normalized spacial score (nSPS) is 13.7. The molecule has 122 valence electrons. The molecule has 2 aromatic heterocycles. The van der Waals surface area contributed by atoms with E-state index in [0.29, 0.717) is 6.54 Å². The highest BCUT2D eigenvalue weighted by atomic mass is 19.3. The Morgan fingerprint density at radius 1 is 1.30 bits per heavy atom. The fourth-order valence-electron chi connectivity index (χ4n) is 2.57. The number of halogens is 2. The van der Waals surface area contributed by atoms with Crippen LogP contribution in [0.2, 0.25) is 0 Å². The summed E-state index contributed by atoms with van der Waals surface area (Å²) in [5.74, 6) is 0.504. The highest BCUT2D eigenvalue weighted by Gasteiger charge is 2.15. The van der Waals surface area contributed by atoms with Gasteiger partial charge in [-0.15, -0.1) is 0 Å². The summed E-state index contributed by atoms with van der Waals surface area (Å²) in [6.07, 6.45) is 6.20. The summed E-state index contributed by atoms with van der Waals surface area (Å²) in [5, 5.41) is 2.78. The Hall–Kier alpha value is -2.51. The number of rotatable bonds is 5. The van der Waals surface area contributed by atoms with E-state index in [1.54, 1.807) is 6.20 Å². The molecule has 0 fully saturated rings. The van der Waals surface area contributed by atoms with Gasteiger partial charge in [0.15, 0.2) is 0 Å². The number of alkyl halides is 2. The first-order valence-electron chi connectivity index (χ1n) is 7.36. The maximum absolute atomic E-state index is 12.1. The van der Waals surface area contributed by atoms with Gasteiger partial charge >= 0.3 is 6.61 Å². The third-order valence-electron chi connectivity index (χ3n) is 3.69. The molecule has 1 N–H and O–H groups in total. The summed E-state index contributed by atoms with van der Waals surface area (Å²) in [7, 11) is 0. The Balaban J connectivity index is 1.60. The van der Waals surface area contributed by atoms with Gasteiger partial charge in [0, 0.05) is 25.2 Å². The van der Waals surface area contributed by atoms with Crippen molar-refractivity contribution in [3.8, 4) is 5.88 Å². The first-order chi connectivity index (χ1) is 11.1. The van der Waals surface area contributed by atoms with Crippen LogP contribution in [0.4, 0.5) is 8.78 Å². The molecule has 0 unspecified atom stereocenters. The van der Waals surface area contributed by atoms with Crippen LogP contribution in [0, 0.1) is 0 Å². The second-order valence-corrected chi connectivity index (χ2v) is 5.22. The smallest absolute Gasteiger partial charge is 0.388 e. The van der Waals surface area contributed by atoms with Gasteiger partial charge in [0.1, 0.15) is 5.82 Å². The fraction of sp³-hybridized carbons (Fsp3) is 0.400. The number of pyridine rings is 1. The van der Waals surface area contributed by atoms with Crippen molar-refractivity contribution < 1.29 is 18.3 Å². The Morgan fingerprint density at radius 2 is 2.17 bits per heavy atom. The first kappa shape index (κ1) is 15.4. The molecular weight excluding hydrogens is 306 g/mol. The number of hydrogen-bond donors (Lipinski definition) is 1. The van der Waals surface area contributed by atoms with E-state index < -0.39 is 6.61 Å². The van der Waals surface area contributed by atoms with Gasteiger partial charge < -0.3 is 14.6 Å². The van der Waals surface area contributed by atoms with Gasteiger partial charge in [0.25, 0.3) is 5.91 Å². The standard InChI is InChI=1S/C15H16F2N4O2/c16-15(17)23-13-5-4-10(7-19-13)14(22)20-9-11-8-18-12-3-1-2-6-21(11)12/h4-5,7-8,15H,1-3,6,9H2,(H,20,22). The number of imidazole rings is 1. The minimum absolute atomic E-state index is 0.221. The lowest BCUT2D eigenvalue weighted by Crippen LogP contribution is -2.25. The number of aromatic nitrogens is 3. The van der Waals surface area contributed by atoms with Crippen LogP contribution in [0.1, 0.15) is 34.7 Å². The molecule has 0 saturated heterocycles. The second-order valence-electron chi connectivity index (χ2n) is 5.22. The van der Waals surface area contributed by atoms with Crippen LogP contribution in [0.3, 0.4) is 0 Å². The summed E-state index contributed by atoms with van der Waals surface area (Å²) in [6.45, 7) is -1.65. The third-order valence-corrected chi connectivity index (χ3v) is 3.69. The van der Waals surface area contributed by atoms with Crippen molar-refractivity contribution >= 4 is 5.91 Å². The van der Waals surface area contributed by atoms with E-state index in [1.165, 1.54) is 18.3 Å². The largest absolute Gasteiger partial charge is 0.417 e. The number of hydrogen-bond acceptors (Lipinski definition) is 4. The summed E-state index contributed by atoms with van der Waals surface area (Å²) >= 11 is 0. The van der Waals surface area contributed by atoms with E-state index in [2.05, 4.69) is 24.6 Å². The topological polar surface area (TPSA) is 69.0 Å². The maximum Gasteiger partial charge on any atom is 0.388 e. The predicted molar refractivity (Wildman–Crippen MR) is 77.2 cm³/mol. The number of ether oxygens (including phenoxy) is 1. The predicted octanol–water partition coefficient (Wildman–Crippen LogP) is 2.15. The van der Waals surface area contributed by atoms with Crippen LogP contribution < -0.4 is 10.1 Å². The molecule has 0 aromatic carbocycles. The monoisotopic (exact) mass is 322 g/mol. The molecule has 1 aliphatic heterocycles. The zero-order chi connectivity index (χ0) is 16.2. The Labute approximate surface area is 131 Å². The van der Waals surface area contributed by atoms with E-state index in [4.69, 9.17) is 0 Å². The Bertz CT molecular complexity index is 685. The van der Waals surface area contributed by atoms with Crippen molar-refractivity contribution in [1.82, 2.24) is 19.9 Å². The SMILES string of the molecule is O=C(NCc1cnc2n1CCCC2)c1ccc(OC(F)F)nc1. The van der Waals surface area contributed by atoms with Crippen molar-refractivity contribution in [2.75, 3.05) is 0 Å². The van der Waals surface area contributed by atoms with E-state index in [1.807, 2.05) is 0 Å². The Kier molecular flexibility index (Phi) is 4.50. The van der Waals surface area contributed by atoms with Crippen LogP contribution in [-0.2, 0) is 19.5 Å². The molecule has 0 aliphatic carbocycles. The highest BCUT2D eigenvalue weighted by molar-refractivity contribution is 5.93. The van der Waals surface area contributed by atoms with Crippen molar-refractivity contribution in [3.63, 3.8) is 0 Å². The number of nitrogens with one attached hydrogen (secondary N) is 1. The Morgan fingerprint density at radius 3 is 2.91 bits per heavy atom. The number of amides is 1. The molecule has 2 aromatic rings. The first-order valence-corrected chi connectivity index (χ1v) is 7.36. The lowest BCUT2D eigenvalue weighted by molar-refractivity contribution is -0.0528. The van der Waals surface area contributed by atoms with E-state index >= 15 is 0 Å². The molecule has 0 atom stereocenters. The third kappa shape index (κ3) is 3.64. The van der Waals surface area contributed by atoms with Crippen LogP contribution in [0.5, 0.6) is 5.88 Å². The maximum atomic E-state index is 12.1. The molecule has 1 amide bonds.